The predicted octanol–water partition coefficient (Wildman–Crippen LogP) is 3.81. The van der Waals surface area contributed by atoms with Crippen LogP contribution < -0.4 is 0 Å². The van der Waals surface area contributed by atoms with E-state index in [1.54, 1.807) is 11.3 Å². The number of aromatic nitrogens is 1. The number of halogens is 1. The third-order valence-electron chi connectivity index (χ3n) is 1.40. The van der Waals surface area contributed by atoms with E-state index in [0.717, 1.165) is 5.69 Å². The second-order valence-electron chi connectivity index (χ2n) is 3.62. The van der Waals surface area contributed by atoms with E-state index in [4.69, 9.17) is 0 Å². The summed E-state index contributed by atoms with van der Waals surface area (Å²) in [6.45, 7) is 6.52. The number of hydrogen-bond donors (Lipinski definition) is 0. The average Bonchev–Trinajstić information content (AvgIpc) is 2.35. The van der Waals surface area contributed by atoms with Crippen LogP contribution in [0.2, 0.25) is 0 Å². The van der Waals surface area contributed by atoms with Crippen LogP contribution in [-0.4, -0.2) is 4.98 Å². The van der Waals surface area contributed by atoms with Crippen molar-refractivity contribution in [3.63, 3.8) is 0 Å². The van der Waals surface area contributed by atoms with Crippen LogP contribution in [0, 0.1) is 0 Å². The topological polar surface area (TPSA) is 12.9 Å². The van der Waals surface area contributed by atoms with E-state index in [1.165, 1.54) is 5.01 Å². The van der Waals surface area contributed by atoms with Crippen molar-refractivity contribution in [3.05, 3.63) is 21.1 Å². The first kappa shape index (κ1) is 9.93. The zero-order valence-corrected chi connectivity index (χ0v) is 9.87. The van der Waals surface area contributed by atoms with Crippen LogP contribution in [-0.2, 0) is 5.41 Å². The summed E-state index contributed by atoms with van der Waals surface area (Å²) in [7, 11) is 0. The van der Waals surface area contributed by atoms with Gasteiger partial charge in [0, 0.05) is 10.8 Å². The van der Waals surface area contributed by atoms with E-state index in [0.29, 0.717) is 0 Å². The van der Waals surface area contributed by atoms with Crippen molar-refractivity contribution in [1.82, 2.24) is 4.98 Å². The summed E-state index contributed by atoms with van der Waals surface area (Å²) in [5, 5.41) is 3.25. The molecule has 0 aromatic carbocycles. The molecule has 0 saturated heterocycles. The van der Waals surface area contributed by atoms with Crippen molar-refractivity contribution in [2.45, 2.75) is 26.2 Å². The van der Waals surface area contributed by atoms with Crippen molar-refractivity contribution in [2.75, 3.05) is 0 Å². The Labute approximate surface area is 85.7 Å². The van der Waals surface area contributed by atoms with Crippen LogP contribution >= 0.6 is 27.3 Å². The molecule has 1 aromatic rings. The molecule has 0 atom stereocenters. The van der Waals surface area contributed by atoms with E-state index in [2.05, 4.69) is 47.1 Å². The smallest absolute Gasteiger partial charge is 0.0985 e. The number of hydrogen-bond acceptors (Lipinski definition) is 2. The first-order valence-corrected chi connectivity index (χ1v) is 5.56. The maximum atomic E-state index is 4.47. The van der Waals surface area contributed by atoms with Gasteiger partial charge in [-0.15, -0.1) is 11.3 Å². The molecule has 12 heavy (non-hydrogen) atoms. The maximum absolute atomic E-state index is 4.47. The Bertz CT molecular complexity index is 283. The van der Waals surface area contributed by atoms with Crippen LogP contribution in [0.3, 0.4) is 0 Å². The Kier molecular flexibility index (Phi) is 3.07. The third kappa shape index (κ3) is 2.42. The molecular weight excluding hydrogens is 234 g/mol. The van der Waals surface area contributed by atoms with Crippen molar-refractivity contribution in [3.8, 4) is 0 Å². The molecule has 0 aliphatic carbocycles. The fourth-order valence-corrected chi connectivity index (χ4v) is 1.92. The van der Waals surface area contributed by atoms with Crippen LogP contribution in [0.15, 0.2) is 10.4 Å². The fourth-order valence-electron chi connectivity index (χ4n) is 0.772. The van der Waals surface area contributed by atoms with E-state index in [9.17, 15) is 0 Å². The zero-order valence-electron chi connectivity index (χ0n) is 7.47. The van der Waals surface area contributed by atoms with Gasteiger partial charge in [0.2, 0.25) is 0 Å². The molecule has 0 radical (unpaired) electrons. The Balaban J connectivity index is 2.92. The Morgan fingerprint density at radius 2 is 2.17 bits per heavy atom. The lowest BCUT2D eigenvalue weighted by molar-refractivity contribution is 0.585. The van der Waals surface area contributed by atoms with Crippen LogP contribution in [0.5, 0.6) is 0 Å². The third-order valence-corrected chi connectivity index (χ3v) is 2.95. The zero-order chi connectivity index (χ0) is 9.19. The Morgan fingerprint density at radius 1 is 1.50 bits per heavy atom. The summed E-state index contributed by atoms with van der Waals surface area (Å²) in [5.74, 6) is 0. The van der Waals surface area contributed by atoms with E-state index in [-0.39, 0.29) is 5.41 Å². The quantitative estimate of drug-likeness (QED) is 0.734. The number of nitrogens with zero attached hydrogens (tertiary/aromatic N) is 1. The van der Waals surface area contributed by atoms with Gasteiger partial charge in [0.05, 0.1) is 10.7 Å². The minimum absolute atomic E-state index is 0.170. The second kappa shape index (κ2) is 3.71. The van der Waals surface area contributed by atoms with Gasteiger partial charge in [-0.1, -0.05) is 36.7 Å². The van der Waals surface area contributed by atoms with E-state index in [1.807, 2.05) is 11.1 Å². The summed E-state index contributed by atoms with van der Waals surface area (Å²) >= 11 is 4.94. The highest BCUT2D eigenvalue weighted by Gasteiger charge is 2.16. The predicted molar refractivity (Wildman–Crippen MR) is 58.8 cm³/mol. The molecule has 0 unspecified atom stereocenters. The molecule has 1 heterocycles. The van der Waals surface area contributed by atoms with E-state index < -0.39 is 0 Å². The number of thiazole rings is 1. The summed E-state index contributed by atoms with van der Waals surface area (Å²) in [6.07, 6.45) is 1.95. The lowest BCUT2D eigenvalue weighted by atomic mass is 9.98. The van der Waals surface area contributed by atoms with Crippen molar-refractivity contribution in [2.24, 2.45) is 0 Å². The molecule has 0 aliphatic heterocycles. The summed E-state index contributed by atoms with van der Waals surface area (Å²) in [4.78, 5) is 6.30. The van der Waals surface area contributed by atoms with Crippen LogP contribution in [0.25, 0.3) is 6.08 Å². The second-order valence-corrected chi connectivity index (χ2v) is 5.01. The molecule has 0 bridgehead atoms. The van der Waals surface area contributed by atoms with Crippen LogP contribution in [0.1, 0.15) is 31.5 Å². The van der Waals surface area contributed by atoms with E-state index >= 15 is 0 Å². The number of rotatable bonds is 1. The molecule has 3 heteroatoms. The monoisotopic (exact) mass is 245 g/mol. The van der Waals surface area contributed by atoms with Crippen molar-refractivity contribution in [1.29, 1.82) is 0 Å². The molecule has 0 saturated carbocycles. The summed E-state index contributed by atoms with van der Waals surface area (Å²) < 4.78 is 0. The lowest BCUT2D eigenvalue weighted by Crippen LogP contribution is -2.10. The van der Waals surface area contributed by atoms with Gasteiger partial charge in [-0.3, -0.25) is 0 Å². The van der Waals surface area contributed by atoms with Gasteiger partial charge in [0.25, 0.3) is 0 Å². The maximum Gasteiger partial charge on any atom is 0.0985 e. The molecule has 0 amide bonds. The first-order valence-electron chi connectivity index (χ1n) is 3.77. The van der Waals surface area contributed by atoms with Gasteiger partial charge in [-0.2, -0.15) is 0 Å². The van der Waals surface area contributed by atoms with Crippen molar-refractivity contribution >= 4 is 33.3 Å². The highest BCUT2D eigenvalue weighted by atomic mass is 79.9. The standard InChI is InChI=1S/C9H12BrNS/c1-9(2,3)8-11-7(4-5-10)6-12-8/h4-6H,1-3H3/b5-4+. The SMILES string of the molecule is CC(C)(C)c1nc(/C=C/Br)cs1. The van der Waals surface area contributed by atoms with Gasteiger partial charge in [-0.25, -0.2) is 4.98 Å². The minimum atomic E-state index is 0.170. The normalized spacial score (nSPS) is 12.7. The first-order chi connectivity index (χ1) is 5.54. The molecular formula is C9H12BrNS. The molecule has 0 N–H and O–H groups in total. The highest BCUT2D eigenvalue weighted by molar-refractivity contribution is 9.11. The van der Waals surface area contributed by atoms with Gasteiger partial charge < -0.3 is 0 Å². The molecule has 1 nitrogen and oxygen atoms in total. The molecule has 1 aromatic heterocycles. The largest absolute Gasteiger partial charge is 0.241 e. The minimum Gasteiger partial charge on any atom is -0.241 e. The van der Waals surface area contributed by atoms with Gasteiger partial charge in [0.15, 0.2) is 0 Å². The fraction of sp³-hybridized carbons (Fsp3) is 0.444. The van der Waals surface area contributed by atoms with Gasteiger partial charge in [0.1, 0.15) is 0 Å². The molecule has 1 rings (SSSR count). The lowest BCUT2D eigenvalue weighted by Gasteiger charge is -2.13. The summed E-state index contributed by atoms with van der Waals surface area (Å²) in [6, 6.07) is 0. The Morgan fingerprint density at radius 3 is 2.58 bits per heavy atom. The molecule has 66 valence electrons. The van der Waals surface area contributed by atoms with Gasteiger partial charge in [-0.05, 0) is 11.1 Å². The molecule has 0 spiro atoms. The average molecular weight is 246 g/mol. The van der Waals surface area contributed by atoms with Gasteiger partial charge >= 0.3 is 0 Å². The molecule has 0 aliphatic rings. The summed E-state index contributed by atoms with van der Waals surface area (Å²) in [5.41, 5.74) is 1.20. The van der Waals surface area contributed by atoms with Crippen molar-refractivity contribution < 1.29 is 0 Å². The Hall–Kier alpha value is -0.150. The van der Waals surface area contributed by atoms with Crippen LogP contribution in [0.4, 0.5) is 0 Å². The molecule has 0 fully saturated rings. The highest BCUT2D eigenvalue weighted by Crippen LogP contribution is 2.25.